The molecule has 176 valence electrons. The molecule has 10 heteroatoms. The molecule has 2 amide bonds. The summed E-state index contributed by atoms with van der Waals surface area (Å²) in [4.78, 5) is 32.7. The van der Waals surface area contributed by atoms with E-state index in [0.29, 0.717) is 39.4 Å². The van der Waals surface area contributed by atoms with Crippen LogP contribution in [0.4, 0.5) is 16.3 Å². The Morgan fingerprint density at radius 1 is 1.29 bits per heavy atom. The molecular weight excluding hydrogens is 452 g/mol. The van der Waals surface area contributed by atoms with Crippen molar-refractivity contribution in [1.82, 2.24) is 19.8 Å². The molecule has 0 spiro atoms. The average Bonchev–Trinajstić information content (AvgIpc) is 3.47. The minimum absolute atomic E-state index is 0.0906. The van der Waals surface area contributed by atoms with Gasteiger partial charge in [0, 0.05) is 24.2 Å². The number of thiophene rings is 1. The lowest BCUT2D eigenvalue weighted by atomic mass is 10.0. The van der Waals surface area contributed by atoms with Crippen LogP contribution in [0.3, 0.4) is 0 Å². The zero-order chi connectivity index (χ0) is 23.2. The Bertz CT molecular complexity index is 1310. The van der Waals surface area contributed by atoms with Crippen molar-refractivity contribution in [2.75, 3.05) is 38.7 Å². The first kappa shape index (κ1) is 21.3. The van der Waals surface area contributed by atoms with Gasteiger partial charge in [-0.05, 0) is 42.2 Å². The topological polar surface area (TPSA) is 92.2 Å². The van der Waals surface area contributed by atoms with Crippen LogP contribution in [0.2, 0.25) is 0 Å². The van der Waals surface area contributed by atoms with E-state index in [1.54, 1.807) is 24.8 Å². The SMILES string of the molecule is COc1cc2c(cc1Nc1ncnc3sc4c(c13)CCN(C(=O)N1CCOC[C@H]1C)C4)C=NC2. The number of urea groups is 1. The predicted octanol–water partition coefficient (Wildman–Crippen LogP) is 3.57. The highest BCUT2D eigenvalue weighted by Gasteiger charge is 2.32. The second-order valence-corrected chi connectivity index (χ2v) is 9.91. The van der Waals surface area contributed by atoms with E-state index in [9.17, 15) is 4.79 Å². The Morgan fingerprint density at radius 2 is 2.21 bits per heavy atom. The molecule has 1 atom stereocenters. The van der Waals surface area contributed by atoms with Crippen LogP contribution in [-0.2, 0) is 24.2 Å². The van der Waals surface area contributed by atoms with Crippen LogP contribution >= 0.6 is 11.3 Å². The summed E-state index contributed by atoms with van der Waals surface area (Å²) in [5.41, 5.74) is 4.32. The van der Waals surface area contributed by atoms with E-state index in [0.717, 1.165) is 45.0 Å². The van der Waals surface area contributed by atoms with E-state index in [1.165, 1.54) is 10.4 Å². The molecule has 3 aromatic rings. The van der Waals surface area contributed by atoms with Crippen LogP contribution in [0.25, 0.3) is 10.2 Å². The summed E-state index contributed by atoms with van der Waals surface area (Å²) in [5.74, 6) is 1.52. The molecule has 3 aliphatic heterocycles. The Labute approximate surface area is 201 Å². The zero-order valence-corrected chi connectivity index (χ0v) is 20.0. The number of amides is 2. The van der Waals surface area contributed by atoms with Gasteiger partial charge in [-0.25, -0.2) is 14.8 Å². The number of hydrogen-bond donors (Lipinski definition) is 1. The fraction of sp³-hybridized carbons (Fsp3) is 0.417. The summed E-state index contributed by atoms with van der Waals surface area (Å²) >= 11 is 1.64. The number of benzene rings is 1. The fourth-order valence-electron chi connectivity index (χ4n) is 4.91. The number of fused-ring (bicyclic) bond motifs is 4. The third kappa shape index (κ3) is 3.57. The Kier molecular flexibility index (Phi) is 5.34. The molecular formula is C24H26N6O3S. The third-order valence-corrected chi connectivity index (χ3v) is 7.85. The van der Waals surface area contributed by atoms with Gasteiger partial charge in [0.2, 0.25) is 0 Å². The summed E-state index contributed by atoms with van der Waals surface area (Å²) < 4.78 is 11.1. The molecule has 1 fully saturated rings. The van der Waals surface area contributed by atoms with Gasteiger partial charge in [-0.15, -0.1) is 11.3 Å². The molecule has 2 aromatic heterocycles. The number of methoxy groups -OCH3 is 1. The number of nitrogens with zero attached hydrogens (tertiary/aromatic N) is 5. The Morgan fingerprint density at radius 3 is 3.06 bits per heavy atom. The summed E-state index contributed by atoms with van der Waals surface area (Å²) in [6.07, 6.45) is 4.25. The number of morpholine rings is 1. The zero-order valence-electron chi connectivity index (χ0n) is 19.2. The van der Waals surface area contributed by atoms with E-state index in [4.69, 9.17) is 9.47 Å². The molecule has 0 unspecified atom stereocenters. The molecule has 0 radical (unpaired) electrons. The van der Waals surface area contributed by atoms with Crippen LogP contribution in [-0.4, -0.2) is 71.5 Å². The van der Waals surface area contributed by atoms with Gasteiger partial charge >= 0.3 is 6.03 Å². The number of carbonyl (C=O) groups is 1. The van der Waals surface area contributed by atoms with E-state index < -0.39 is 0 Å². The first-order valence-corrected chi connectivity index (χ1v) is 12.3. The molecule has 0 saturated carbocycles. The largest absolute Gasteiger partial charge is 0.495 e. The third-order valence-electron chi connectivity index (χ3n) is 6.73. The van der Waals surface area contributed by atoms with Crippen molar-refractivity contribution in [2.24, 2.45) is 4.99 Å². The van der Waals surface area contributed by atoms with Crippen molar-refractivity contribution in [3.8, 4) is 5.75 Å². The normalized spacial score (nSPS) is 19.3. The summed E-state index contributed by atoms with van der Waals surface area (Å²) in [7, 11) is 1.67. The van der Waals surface area contributed by atoms with Crippen LogP contribution in [0.15, 0.2) is 23.5 Å². The maximum atomic E-state index is 13.2. The predicted molar refractivity (Wildman–Crippen MR) is 131 cm³/mol. The number of anilines is 2. The first-order valence-electron chi connectivity index (χ1n) is 11.5. The van der Waals surface area contributed by atoms with Gasteiger partial charge in [-0.1, -0.05) is 0 Å². The quantitative estimate of drug-likeness (QED) is 0.619. The number of aromatic nitrogens is 2. The van der Waals surface area contributed by atoms with Gasteiger partial charge in [0.25, 0.3) is 0 Å². The highest BCUT2D eigenvalue weighted by atomic mass is 32.1. The van der Waals surface area contributed by atoms with Gasteiger partial charge < -0.3 is 24.6 Å². The molecule has 9 nitrogen and oxygen atoms in total. The fourth-order valence-corrected chi connectivity index (χ4v) is 6.11. The maximum Gasteiger partial charge on any atom is 0.320 e. The Balaban J connectivity index is 1.31. The number of nitrogens with one attached hydrogen (secondary N) is 1. The number of aliphatic imine (C=N–C) groups is 1. The van der Waals surface area contributed by atoms with E-state index in [1.807, 2.05) is 29.0 Å². The lowest BCUT2D eigenvalue weighted by molar-refractivity contribution is 0.00947. The maximum absolute atomic E-state index is 13.2. The van der Waals surface area contributed by atoms with E-state index >= 15 is 0 Å². The molecule has 3 aliphatic rings. The molecule has 0 bridgehead atoms. The smallest absolute Gasteiger partial charge is 0.320 e. The molecule has 1 aromatic carbocycles. The van der Waals surface area contributed by atoms with Crippen LogP contribution in [0, 0.1) is 0 Å². The summed E-state index contributed by atoms with van der Waals surface area (Å²) in [6, 6.07) is 4.27. The van der Waals surface area contributed by atoms with Crippen LogP contribution in [0.5, 0.6) is 5.75 Å². The van der Waals surface area contributed by atoms with Crippen molar-refractivity contribution < 1.29 is 14.3 Å². The molecule has 6 rings (SSSR count). The number of rotatable bonds is 3. The second kappa shape index (κ2) is 8.52. The highest BCUT2D eigenvalue weighted by Crippen LogP contribution is 2.40. The summed E-state index contributed by atoms with van der Waals surface area (Å²) in [5, 5.41) is 4.52. The van der Waals surface area contributed by atoms with Gasteiger partial charge in [0.1, 0.15) is 22.7 Å². The second-order valence-electron chi connectivity index (χ2n) is 8.82. The van der Waals surface area contributed by atoms with Crippen LogP contribution in [0.1, 0.15) is 28.5 Å². The minimum Gasteiger partial charge on any atom is -0.495 e. The van der Waals surface area contributed by atoms with Crippen molar-refractivity contribution >= 4 is 45.3 Å². The first-order chi connectivity index (χ1) is 16.6. The lowest BCUT2D eigenvalue weighted by Gasteiger charge is -2.38. The van der Waals surface area contributed by atoms with Gasteiger partial charge in [0.15, 0.2) is 0 Å². The molecule has 1 saturated heterocycles. The van der Waals surface area contributed by atoms with Crippen molar-refractivity contribution in [1.29, 1.82) is 0 Å². The Hall–Kier alpha value is -3.24. The van der Waals surface area contributed by atoms with Crippen molar-refractivity contribution in [3.05, 3.63) is 40.0 Å². The van der Waals surface area contributed by atoms with Gasteiger partial charge in [0.05, 0.1) is 50.5 Å². The monoisotopic (exact) mass is 478 g/mol. The molecule has 1 N–H and O–H groups in total. The van der Waals surface area contributed by atoms with E-state index in [2.05, 4.69) is 26.3 Å². The van der Waals surface area contributed by atoms with Gasteiger partial charge in [-0.2, -0.15) is 0 Å². The highest BCUT2D eigenvalue weighted by molar-refractivity contribution is 7.19. The molecule has 0 aliphatic carbocycles. The summed E-state index contributed by atoms with van der Waals surface area (Å²) in [6.45, 7) is 5.82. The van der Waals surface area contributed by atoms with Crippen molar-refractivity contribution in [2.45, 2.75) is 32.5 Å². The molecule has 5 heterocycles. The lowest BCUT2D eigenvalue weighted by Crippen LogP contribution is -2.53. The number of carbonyl (C=O) groups excluding carboxylic acids is 1. The van der Waals surface area contributed by atoms with Gasteiger partial charge in [-0.3, -0.25) is 4.99 Å². The standard InChI is InChI=1S/C24H26N6O3S/c1-14-12-33-6-5-30(14)24(31)29-4-3-17-20(11-29)34-23-21(17)22(26-13-27-23)28-18-7-15-9-25-10-16(15)8-19(18)32-2/h7-9,13-14H,3-6,10-12H2,1-2H3,(H,26,27,28)/t14-/m1/s1. The number of ether oxygens (including phenoxy) is 2. The van der Waals surface area contributed by atoms with Crippen molar-refractivity contribution in [3.63, 3.8) is 0 Å². The molecule has 34 heavy (non-hydrogen) atoms. The number of hydrogen-bond acceptors (Lipinski definition) is 8. The van der Waals surface area contributed by atoms with E-state index in [-0.39, 0.29) is 12.1 Å². The minimum atomic E-state index is 0.0906. The average molecular weight is 479 g/mol. The van der Waals surface area contributed by atoms with Crippen LogP contribution < -0.4 is 10.1 Å².